The van der Waals surface area contributed by atoms with Crippen molar-refractivity contribution in [2.45, 2.75) is 73.0 Å². The van der Waals surface area contributed by atoms with Gasteiger partial charge in [-0.1, -0.05) is 134 Å². The van der Waals surface area contributed by atoms with Crippen LogP contribution in [0.5, 0.6) is 11.5 Å². The zero-order valence-electron chi connectivity index (χ0n) is 22.5. The Kier molecular flexibility index (Phi) is 9.47. The Hall–Kier alpha value is -1.86. The van der Waals surface area contributed by atoms with Crippen molar-refractivity contribution in [2.24, 2.45) is 0 Å². The molecule has 0 amide bonds. The van der Waals surface area contributed by atoms with E-state index in [0.717, 1.165) is 50.4 Å². The van der Waals surface area contributed by atoms with E-state index in [9.17, 15) is 0 Å². The van der Waals surface area contributed by atoms with E-state index in [1.807, 2.05) is 47.0 Å². The van der Waals surface area contributed by atoms with Gasteiger partial charge < -0.3 is 9.47 Å². The highest BCUT2D eigenvalue weighted by atomic mass is 32.2. The predicted molar refractivity (Wildman–Crippen MR) is 169 cm³/mol. The van der Waals surface area contributed by atoms with E-state index in [1.165, 1.54) is 50.3 Å². The molecule has 2 heterocycles. The number of fused-ring (bicyclic) bond motifs is 2. The summed E-state index contributed by atoms with van der Waals surface area (Å²) in [4.78, 5) is 4.86. The molecule has 0 unspecified atom stereocenters. The summed E-state index contributed by atoms with van der Waals surface area (Å²) in [6.45, 7) is 10.4. The van der Waals surface area contributed by atoms with Crippen molar-refractivity contribution in [1.82, 2.24) is 0 Å². The molecule has 0 spiro atoms. The molecule has 2 aliphatic heterocycles. The fourth-order valence-electron chi connectivity index (χ4n) is 4.22. The molecule has 3 aromatic rings. The van der Waals surface area contributed by atoms with E-state index in [2.05, 4.69) is 88.4 Å². The van der Waals surface area contributed by atoms with Gasteiger partial charge in [0, 0.05) is 0 Å². The quantitative estimate of drug-likeness (QED) is 0.221. The van der Waals surface area contributed by atoms with Crippen molar-refractivity contribution in [3.05, 3.63) is 80.3 Å². The summed E-state index contributed by atoms with van der Waals surface area (Å²) in [6, 6.07) is 21.4. The maximum Gasteiger partial charge on any atom is 0.149 e. The van der Waals surface area contributed by atoms with Crippen LogP contribution in [-0.4, -0.2) is 13.2 Å². The summed E-state index contributed by atoms with van der Waals surface area (Å²) < 4.78 is 15.8. The van der Waals surface area contributed by atoms with E-state index in [0.29, 0.717) is 0 Å². The average molecular weight is 579 g/mol. The second-order valence-electron chi connectivity index (χ2n) is 9.34. The SMILES string of the molecule is CCCCOc1c2c(c(OCCCC)c3c1SC(=C(C)c1ccccc1)S3)SC(=C(C)c1ccccc1)S2. The topological polar surface area (TPSA) is 18.5 Å². The fourth-order valence-corrected chi connectivity index (χ4v) is 9.76. The Morgan fingerprint density at radius 2 is 0.895 bits per heavy atom. The van der Waals surface area contributed by atoms with Gasteiger partial charge in [-0.2, -0.15) is 0 Å². The number of ether oxygens (including phenoxy) is 2. The van der Waals surface area contributed by atoms with Gasteiger partial charge in [-0.15, -0.1) is 0 Å². The Bertz CT molecular complexity index is 1200. The van der Waals surface area contributed by atoms with Crippen LogP contribution in [0.15, 0.2) is 88.7 Å². The Morgan fingerprint density at radius 1 is 0.553 bits per heavy atom. The number of hydrogen-bond donors (Lipinski definition) is 0. The third-order valence-corrected chi connectivity index (χ3v) is 12.1. The molecule has 0 N–H and O–H groups in total. The molecule has 2 nitrogen and oxygen atoms in total. The molecule has 6 heteroatoms. The fraction of sp³-hybridized carbons (Fsp3) is 0.312. The number of allylic oxidation sites excluding steroid dienone is 2. The summed E-state index contributed by atoms with van der Waals surface area (Å²) in [5, 5.41) is 0. The summed E-state index contributed by atoms with van der Waals surface area (Å²) in [5.41, 5.74) is 5.13. The molecular weight excluding hydrogens is 545 g/mol. The highest BCUT2D eigenvalue weighted by molar-refractivity contribution is 8.26. The molecule has 0 aliphatic carbocycles. The first-order valence-electron chi connectivity index (χ1n) is 13.4. The molecule has 0 saturated heterocycles. The molecule has 0 radical (unpaired) electrons. The number of thioether (sulfide) groups is 4. The summed E-state index contributed by atoms with van der Waals surface area (Å²) in [7, 11) is 0. The highest BCUT2D eigenvalue weighted by Crippen LogP contribution is 2.69. The second kappa shape index (κ2) is 13.0. The van der Waals surface area contributed by atoms with Gasteiger partial charge in [0.25, 0.3) is 0 Å². The number of unbranched alkanes of at least 4 members (excludes halogenated alkanes) is 2. The molecule has 0 bridgehead atoms. The summed E-state index contributed by atoms with van der Waals surface area (Å²) in [6.07, 6.45) is 4.32. The van der Waals surface area contributed by atoms with Crippen LogP contribution in [0, 0.1) is 0 Å². The van der Waals surface area contributed by atoms with Crippen LogP contribution in [0.2, 0.25) is 0 Å². The first kappa shape index (κ1) is 27.7. The Labute approximate surface area is 244 Å². The standard InChI is InChI=1S/C32H34O2S4/c1-5-7-19-33-25-27-29(37-31(35-27)21(3)23-15-11-9-12-16-23)26(34-20-8-6-2)30-28(25)36-32(38-30)22(4)24-17-13-10-14-18-24/h9-18H,5-8,19-20H2,1-4H3. The van der Waals surface area contributed by atoms with E-state index in [1.54, 1.807) is 0 Å². The van der Waals surface area contributed by atoms with E-state index < -0.39 is 0 Å². The van der Waals surface area contributed by atoms with Crippen LogP contribution in [0.1, 0.15) is 64.5 Å². The van der Waals surface area contributed by atoms with Gasteiger partial charge >= 0.3 is 0 Å². The monoisotopic (exact) mass is 578 g/mol. The molecule has 0 fully saturated rings. The second-order valence-corrected chi connectivity index (χ2v) is 13.9. The minimum atomic E-state index is 0.731. The van der Waals surface area contributed by atoms with Gasteiger partial charge in [0.1, 0.15) is 11.5 Å². The molecule has 5 rings (SSSR count). The lowest BCUT2D eigenvalue weighted by molar-refractivity contribution is 0.274. The molecule has 198 valence electrons. The van der Waals surface area contributed by atoms with E-state index in [4.69, 9.17) is 9.47 Å². The Balaban J connectivity index is 1.62. The average Bonchev–Trinajstić information content (AvgIpc) is 3.60. The first-order chi connectivity index (χ1) is 18.6. The van der Waals surface area contributed by atoms with Gasteiger partial charge in [-0.3, -0.25) is 0 Å². The zero-order chi connectivity index (χ0) is 26.5. The van der Waals surface area contributed by atoms with Crippen molar-refractivity contribution in [3.63, 3.8) is 0 Å². The predicted octanol–water partition coefficient (Wildman–Crippen LogP) is 11.2. The molecule has 2 aliphatic rings. The van der Waals surface area contributed by atoms with Crippen molar-refractivity contribution in [2.75, 3.05) is 13.2 Å². The molecule has 0 saturated carbocycles. The van der Waals surface area contributed by atoms with Crippen molar-refractivity contribution in [1.29, 1.82) is 0 Å². The first-order valence-corrected chi connectivity index (χ1v) is 16.6. The van der Waals surface area contributed by atoms with Crippen LogP contribution >= 0.6 is 47.0 Å². The van der Waals surface area contributed by atoms with Crippen molar-refractivity contribution < 1.29 is 9.47 Å². The molecular formula is C32H34O2S4. The lowest BCUT2D eigenvalue weighted by atomic mass is 10.1. The van der Waals surface area contributed by atoms with Crippen LogP contribution in [-0.2, 0) is 0 Å². The summed E-state index contributed by atoms with van der Waals surface area (Å²) in [5.74, 6) is 2.07. The van der Waals surface area contributed by atoms with Crippen LogP contribution in [0.4, 0.5) is 0 Å². The summed E-state index contributed by atoms with van der Waals surface area (Å²) >= 11 is 7.39. The van der Waals surface area contributed by atoms with Crippen molar-refractivity contribution >= 4 is 58.2 Å². The Morgan fingerprint density at radius 3 is 1.21 bits per heavy atom. The van der Waals surface area contributed by atoms with E-state index >= 15 is 0 Å². The maximum atomic E-state index is 6.61. The lowest BCUT2D eigenvalue weighted by Gasteiger charge is -2.18. The third kappa shape index (κ3) is 5.84. The van der Waals surface area contributed by atoms with Gasteiger partial charge in [-0.25, -0.2) is 0 Å². The van der Waals surface area contributed by atoms with Gasteiger partial charge in [-0.05, 0) is 49.0 Å². The minimum absolute atomic E-state index is 0.731. The number of rotatable bonds is 10. The van der Waals surface area contributed by atoms with Crippen LogP contribution in [0.25, 0.3) is 11.1 Å². The zero-order valence-corrected chi connectivity index (χ0v) is 25.7. The molecule has 38 heavy (non-hydrogen) atoms. The minimum Gasteiger partial charge on any atom is -0.491 e. The normalized spacial score (nSPS) is 13.9. The van der Waals surface area contributed by atoms with E-state index in [-0.39, 0.29) is 0 Å². The molecule has 3 aromatic carbocycles. The lowest BCUT2D eigenvalue weighted by Crippen LogP contribution is -2.03. The smallest absolute Gasteiger partial charge is 0.149 e. The number of hydrogen-bond acceptors (Lipinski definition) is 6. The molecule has 0 aromatic heterocycles. The maximum absolute atomic E-state index is 6.61. The van der Waals surface area contributed by atoms with Gasteiger partial charge in [0.05, 0.1) is 41.3 Å². The van der Waals surface area contributed by atoms with Gasteiger partial charge in [0.2, 0.25) is 0 Å². The van der Waals surface area contributed by atoms with Crippen LogP contribution < -0.4 is 9.47 Å². The third-order valence-electron chi connectivity index (χ3n) is 6.53. The largest absolute Gasteiger partial charge is 0.491 e. The van der Waals surface area contributed by atoms with Crippen molar-refractivity contribution in [3.8, 4) is 11.5 Å². The highest BCUT2D eigenvalue weighted by Gasteiger charge is 2.37. The number of benzene rings is 3. The molecule has 0 atom stereocenters. The van der Waals surface area contributed by atoms with Crippen LogP contribution in [0.3, 0.4) is 0 Å². The van der Waals surface area contributed by atoms with Gasteiger partial charge in [0.15, 0.2) is 0 Å².